The Kier molecular flexibility index (Phi) is 5.22. The summed E-state index contributed by atoms with van der Waals surface area (Å²) in [7, 11) is 0. The monoisotopic (exact) mass is 386 g/mol. The van der Waals surface area contributed by atoms with Crippen LogP contribution >= 0.6 is 11.8 Å². The largest absolute Gasteiger partial charge is 0.435 e. The zero-order valence-corrected chi connectivity index (χ0v) is 14.9. The Labute approximate surface area is 153 Å². The molecule has 1 fully saturated rings. The Morgan fingerprint density at radius 1 is 1.15 bits per heavy atom. The van der Waals surface area contributed by atoms with Crippen molar-refractivity contribution < 1.29 is 13.2 Å². The molecule has 0 amide bonds. The first kappa shape index (κ1) is 18.7. The van der Waals surface area contributed by atoms with E-state index in [-0.39, 0.29) is 34.7 Å². The molecular formula is C16H21F3N6S. The molecule has 6 nitrogen and oxygen atoms in total. The van der Waals surface area contributed by atoms with Gasteiger partial charge in [0.25, 0.3) is 0 Å². The summed E-state index contributed by atoms with van der Waals surface area (Å²) < 4.78 is 41.7. The minimum atomic E-state index is -4.50. The number of pyridine rings is 1. The zero-order chi connectivity index (χ0) is 18.9. The lowest BCUT2D eigenvalue weighted by molar-refractivity contribution is -0.142. The Morgan fingerprint density at radius 3 is 2.50 bits per heavy atom. The first-order valence-electron chi connectivity index (χ1n) is 8.35. The van der Waals surface area contributed by atoms with Crippen LogP contribution in [0.25, 0.3) is 0 Å². The summed E-state index contributed by atoms with van der Waals surface area (Å²) in [6.07, 6.45) is 1.88. The van der Waals surface area contributed by atoms with Crippen LogP contribution in [0.2, 0.25) is 0 Å². The standard InChI is InChI=1S/C16H21F3N6S/c17-16(18,19)14-9(7-25(24-14)10-4-2-1-3-5-10)8-26-11-6-12(20)23-15(22)13(11)21/h6-7,10H,1-5,8,21H2,(H4,20,22,23). The maximum Gasteiger partial charge on any atom is 0.435 e. The number of aromatic nitrogens is 3. The van der Waals surface area contributed by atoms with Gasteiger partial charge in [0.1, 0.15) is 11.6 Å². The van der Waals surface area contributed by atoms with Gasteiger partial charge in [-0.05, 0) is 18.9 Å². The molecule has 10 heteroatoms. The molecule has 0 spiro atoms. The molecule has 0 aromatic carbocycles. The van der Waals surface area contributed by atoms with Gasteiger partial charge < -0.3 is 17.2 Å². The number of anilines is 3. The van der Waals surface area contributed by atoms with Crippen LogP contribution in [0, 0.1) is 0 Å². The minimum Gasteiger partial charge on any atom is -0.395 e. The summed E-state index contributed by atoms with van der Waals surface area (Å²) in [5.41, 5.74) is 16.7. The molecule has 1 aliphatic rings. The van der Waals surface area contributed by atoms with Gasteiger partial charge in [-0.2, -0.15) is 18.3 Å². The highest BCUT2D eigenvalue weighted by molar-refractivity contribution is 7.98. The highest BCUT2D eigenvalue weighted by Gasteiger charge is 2.37. The first-order valence-corrected chi connectivity index (χ1v) is 9.33. The number of thioether (sulfide) groups is 1. The SMILES string of the molecule is Nc1cc(SCc2cn(C3CCCCC3)nc2C(F)(F)F)c(N)c(N)n1. The summed E-state index contributed by atoms with van der Waals surface area (Å²) in [4.78, 5) is 4.34. The van der Waals surface area contributed by atoms with Crippen molar-refractivity contribution in [1.29, 1.82) is 0 Å². The molecule has 2 aromatic rings. The second-order valence-corrected chi connectivity index (χ2v) is 7.42. The van der Waals surface area contributed by atoms with Gasteiger partial charge in [0, 0.05) is 22.4 Å². The van der Waals surface area contributed by atoms with Crippen molar-refractivity contribution in [3.8, 4) is 0 Å². The maximum atomic E-state index is 13.4. The molecule has 6 N–H and O–H groups in total. The summed E-state index contributed by atoms with van der Waals surface area (Å²) in [5, 5.41) is 3.86. The van der Waals surface area contributed by atoms with Crippen LogP contribution in [-0.4, -0.2) is 14.8 Å². The predicted molar refractivity (Wildman–Crippen MR) is 96.4 cm³/mol. The molecular weight excluding hydrogens is 365 g/mol. The average Bonchev–Trinajstić information content (AvgIpc) is 3.02. The van der Waals surface area contributed by atoms with E-state index in [0.717, 1.165) is 43.9 Å². The molecule has 0 bridgehead atoms. The fourth-order valence-electron chi connectivity index (χ4n) is 3.15. The van der Waals surface area contributed by atoms with Crippen molar-refractivity contribution in [2.24, 2.45) is 0 Å². The van der Waals surface area contributed by atoms with Gasteiger partial charge >= 0.3 is 6.18 Å². The third-order valence-corrected chi connectivity index (χ3v) is 5.58. The predicted octanol–water partition coefficient (Wildman–Crippen LogP) is 3.84. The molecule has 3 rings (SSSR count). The number of rotatable bonds is 4. The van der Waals surface area contributed by atoms with Gasteiger partial charge in [-0.25, -0.2) is 4.98 Å². The summed E-state index contributed by atoms with van der Waals surface area (Å²) in [6.45, 7) is 0. The molecule has 2 heterocycles. The lowest BCUT2D eigenvalue weighted by atomic mass is 9.96. The van der Waals surface area contributed by atoms with E-state index in [9.17, 15) is 13.2 Å². The molecule has 1 saturated carbocycles. The van der Waals surface area contributed by atoms with Crippen LogP contribution in [0.1, 0.15) is 49.4 Å². The summed E-state index contributed by atoms with van der Waals surface area (Å²) >= 11 is 1.14. The van der Waals surface area contributed by atoms with Crippen molar-refractivity contribution in [3.05, 3.63) is 23.5 Å². The van der Waals surface area contributed by atoms with E-state index in [4.69, 9.17) is 17.2 Å². The fraction of sp³-hybridized carbons (Fsp3) is 0.500. The third-order valence-electron chi connectivity index (χ3n) is 4.48. The highest BCUT2D eigenvalue weighted by Crippen LogP contribution is 2.38. The molecule has 0 atom stereocenters. The average molecular weight is 386 g/mol. The lowest BCUT2D eigenvalue weighted by Crippen LogP contribution is -2.15. The van der Waals surface area contributed by atoms with Crippen molar-refractivity contribution >= 4 is 29.1 Å². The molecule has 0 aliphatic heterocycles. The second-order valence-electron chi connectivity index (χ2n) is 6.41. The number of hydrogen-bond acceptors (Lipinski definition) is 6. The Morgan fingerprint density at radius 2 is 1.85 bits per heavy atom. The van der Waals surface area contributed by atoms with Gasteiger partial charge in [-0.1, -0.05) is 19.3 Å². The molecule has 0 saturated heterocycles. The van der Waals surface area contributed by atoms with E-state index < -0.39 is 11.9 Å². The molecule has 0 radical (unpaired) electrons. The van der Waals surface area contributed by atoms with Crippen molar-refractivity contribution in [1.82, 2.24) is 14.8 Å². The fourth-order valence-corrected chi connectivity index (χ4v) is 4.14. The number of nitrogens with zero attached hydrogens (tertiary/aromatic N) is 3. The van der Waals surface area contributed by atoms with Crippen LogP contribution in [0.15, 0.2) is 17.2 Å². The van der Waals surface area contributed by atoms with Crippen LogP contribution in [0.4, 0.5) is 30.5 Å². The topological polar surface area (TPSA) is 109 Å². The maximum absolute atomic E-state index is 13.4. The molecule has 26 heavy (non-hydrogen) atoms. The van der Waals surface area contributed by atoms with Crippen molar-refractivity contribution in [3.63, 3.8) is 0 Å². The van der Waals surface area contributed by atoms with E-state index in [2.05, 4.69) is 10.1 Å². The van der Waals surface area contributed by atoms with Gasteiger partial charge in [-0.3, -0.25) is 4.68 Å². The van der Waals surface area contributed by atoms with Gasteiger partial charge in [-0.15, -0.1) is 11.8 Å². The van der Waals surface area contributed by atoms with Crippen molar-refractivity contribution in [2.45, 2.75) is 55.0 Å². The minimum absolute atomic E-state index is 0.0286. The zero-order valence-electron chi connectivity index (χ0n) is 14.1. The number of nitrogen functional groups attached to an aromatic ring is 3. The van der Waals surface area contributed by atoms with Crippen LogP contribution in [0.3, 0.4) is 0 Å². The Hall–Kier alpha value is -2.10. The van der Waals surface area contributed by atoms with Crippen LogP contribution in [-0.2, 0) is 11.9 Å². The van der Waals surface area contributed by atoms with E-state index in [1.165, 1.54) is 16.9 Å². The smallest absolute Gasteiger partial charge is 0.395 e. The Bertz CT molecular complexity index is 783. The van der Waals surface area contributed by atoms with E-state index in [1.807, 2.05) is 0 Å². The number of alkyl halides is 3. The first-order chi connectivity index (χ1) is 12.3. The van der Waals surface area contributed by atoms with Gasteiger partial charge in [0.2, 0.25) is 0 Å². The van der Waals surface area contributed by atoms with E-state index >= 15 is 0 Å². The Balaban J connectivity index is 1.85. The quantitative estimate of drug-likeness (QED) is 0.689. The van der Waals surface area contributed by atoms with Gasteiger partial charge in [0.15, 0.2) is 5.69 Å². The number of hydrogen-bond donors (Lipinski definition) is 3. The lowest BCUT2D eigenvalue weighted by Gasteiger charge is -2.21. The highest BCUT2D eigenvalue weighted by atomic mass is 32.2. The second kappa shape index (κ2) is 7.26. The number of halogens is 3. The number of nitrogens with two attached hydrogens (primary N) is 3. The van der Waals surface area contributed by atoms with Crippen LogP contribution in [0.5, 0.6) is 0 Å². The third kappa shape index (κ3) is 4.00. The van der Waals surface area contributed by atoms with E-state index in [0.29, 0.717) is 4.90 Å². The van der Waals surface area contributed by atoms with E-state index in [1.54, 1.807) is 0 Å². The molecule has 2 aromatic heterocycles. The normalized spacial score (nSPS) is 16.1. The summed E-state index contributed by atoms with van der Waals surface area (Å²) in [6, 6.07) is 1.54. The van der Waals surface area contributed by atoms with Crippen molar-refractivity contribution in [2.75, 3.05) is 17.2 Å². The summed E-state index contributed by atoms with van der Waals surface area (Å²) in [5.74, 6) is 0.309. The van der Waals surface area contributed by atoms with Gasteiger partial charge in [0.05, 0.1) is 11.7 Å². The molecule has 142 valence electrons. The molecule has 1 aliphatic carbocycles. The molecule has 0 unspecified atom stereocenters. The van der Waals surface area contributed by atoms with Crippen LogP contribution < -0.4 is 17.2 Å².